The van der Waals surface area contributed by atoms with Crippen LogP contribution < -0.4 is 0 Å². The maximum atomic E-state index is 11.9. The van der Waals surface area contributed by atoms with E-state index in [9.17, 15) is 4.79 Å². The lowest BCUT2D eigenvalue weighted by molar-refractivity contribution is -0.121. The van der Waals surface area contributed by atoms with Gasteiger partial charge in [0.25, 0.3) is 5.91 Å². The van der Waals surface area contributed by atoms with Crippen LogP contribution in [0.5, 0.6) is 0 Å². The Bertz CT molecular complexity index is 694. The van der Waals surface area contributed by atoms with Crippen molar-refractivity contribution < 1.29 is 4.79 Å². The fourth-order valence-corrected chi connectivity index (χ4v) is 2.09. The van der Waals surface area contributed by atoms with Crippen molar-refractivity contribution in [3.05, 3.63) is 41.7 Å². The van der Waals surface area contributed by atoms with Gasteiger partial charge in [0.1, 0.15) is 11.5 Å². The number of hydrogen-bond acceptors (Lipinski definition) is 2. The van der Waals surface area contributed by atoms with Crippen LogP contribution >= 0.6 is 0 Å². The first-order chi connectivity index (χ1) is 8.66. The van der Waals surface area contributed by atoms with Crippen LogP contribution in [-0.4, -0.2) is 28.7 Å². The van der Waals surface area contributed by atoms with Gasteiger partial charge in [0, 0.05) is 18.8 Å². The first-order valence-corrected chi connectivity index (χ1v) is 5.78. The van der Waals surface area contributed by atoms with Crippen LogP contribution in [0.15, 0.2) is 41.2 Å². The zero-order valence-corrected chi connectivity index (χ0v) is 10.3. The molecule has 0 fully saturated rings. The second-order valence-corrected chi connectivity index (χ2v) is 4.34. The molecule has 0 spiro atoms. The minimum absolute atomic E-state index is 0.0592. The van der Waals surface area contributed by atoms with Gasteiger partial charge >= 0.3 is 0 Å². The molecule has 1 amide bonds. The van der Waals surface area contributed by atoms with E-state index in [-0.39, 0.29) is 5.91 Å². The molecule has 1 aromatic carbocycles. The number of amidine groups is 1. The average molecular weight is 239 g/mol. The van der Waals surface area contributed by atoms with E-state index < -0.39 is 0 Å². The van der Waals surface area contributed by atoms with Crippen LogP contribution in [0.25, 0.3) is 17.0 Å². The zero-order chi connectivity index (χ0) is 12.7. The lowest BCUT2D eigenvalue weighted by atomic mass is 10.1. The maximum Gasteiger partial charge on any atom is 0.277 e. The van der Waals surface area contributed by atoms with Crippen molar-refractivity contribution in [2.45, 2.75) is 6.92 Å². The highest BCUT2D eigenvalue weighted by Gasteiger charge is 2.23. The Balaban J connectivity index is 2.12. The minimum Gasteiger partial charge on any atom is -0.361 e. The predicted molar refractivity (Wildman–Crippen MR) is 72.2 cm³/mol. The number of carbonyl (C=O) groups excluding carboxylic acids is 1. The SMILES string of the molecule is CC1=NC(=Cc2cccc3cc[nH]c23)C(=O)N1C. The number of nitrogens with zero attached hydrogens (tertiary/aromatic N) is 2. The van der Waals surface area contributed by atoms with Crippen molar-refractivity contribution in [3.8, 4) is 0 Å². The second-order valence-electron chi connectivity index (χ2n) is 4.34. The third-order valence-electron chi connectivity index (χ3n) is 3.20. The number of carbonyl (C=O) groups is 1. The lowest BCUT2D eigenvalue weighted by Gasteiger charge is -2.06. The first kappa shape index (κ1) is 10.8. The number of aliphatic imine (C=N–C) groups is 1. The van der Waals surface area contributed by atoms with Crippen LogP contribution in [-0.2, 0) is 4.79 Å². The molecular formula is C14H13N3O. The fraction of sp³-hybridized carbons (Fsp3) is 0.143. The highest BCUT2D eigenvalue weighted by atomic mass is 16.2. The maximum absolute atomic E-state index is 11.9. The molecule has 18 heavy (non-hydrogen) atoms. The average Bonchev–Trinajstić information content (AvgIpc) is 2.92. The monoisotopic (exact) mass is 239 g/mol. The summed E-state index contributed by atoms with van der Waals surface area (Å²) < 4.78 is 0. The molecule has 2 aromatic rings. The van der Waals surface area contributed by atoms with Gasteiger partial charge in [0.2, 0.25) is 0 Å². The molecule has 4 nitrogen and oxygen atoms in total. The number of H-pyrrole nitrogens is 1. The molecule has 1 aromatic heterocycles. The summed E-state index contributed by atoms with van der Waals surface area (Å²) in [6.07, 6.45) is 3.72. The van der Waals surface area contributed by atoms with E-state index in [1.807, 2.05) is 43.5 Å². The van der Waals surface area contributed by atoms with Crippen LogP contribution in [0.4, 0.5) is 0 Å². The number of likely N-dealkylation sites (N-methyl/N-ethyl adjacent to an activating group) is 1. The molecule has 0 atom stereocenters. The molecule has 0 bridgehead atoms. The fourth-order valence-electron chi connectivity index (χ4n) is 2.09. The molecule has 0 saturated heterocycles. The molecule has 2 heterocycles. The van der Waals surface area contributed by atoms with Crippen LogP contribution in [0.2, 0.25) is 0 Å². The molecule has 1 aliphatic rings. The summed E-state index contributed by atoms with van der Waals surface area (Å²) >= 11 is 0. The zero-order valence-electron chi connectivity index (χ0n) is 10.3. The van der Waals surface area contributed by atoms with Gasteiger partial charge in [-0.05, 0) is 24.5 Å². The minimum atomic E-state index is -0.0592. The molecule has 1 aliphatic heterocycles. The van der Waals surface area contributed by atoms with Crippen molar-refractivity contribution in [2.75, 3.05) is 7.05 Å². The Kier molecular flexibility index (Phi) is 2.30. The molecule has 0 radical (unpaired) electrons. The van der Waals surface area contributed by atoms with Gasteiger partial charge in [-0.25, -0.2) is 4.99 Å². The molecule has 4 heteroatoms. The van der Waals surface area contributed by atoms with E-state index in [1.54, 1.807) is 11.9 Å². The summed E-state index contributed by atoms with van der Waals surface area (Å²) in [6.45, 7) is 1.83. The van der Waals surface area contributed by atoms with Crippen molar-refractivity contribution in [2.24, 2.45) is 4.99 Å². The van der Waals surface area contributed by atoms with E-state index >= 15 is 0 Å². The predicted octanol–water partition coefficient (Wildman–Crippen LogP) is 2.40. The van der Waals surface area contributed by atoms with Crippen LogP contribution in [0.3, 0.4) is 0 Å². The van der Waals surface area contributed by atoms with Crippen LogP contribution in [0.1, 0.15) is 12.5 Å². The van der Waals surface area contributed by atoms with Crippen molar-refractivity contribution in [1.82, 2.24) is 9.88 Å². The molecule has 3 rings (SSSR count). The Hall–Kier alpha value is -2.36. The number of amides is 1. The standard InChI is InChI=1S/C14H13N3O/c1-9-16-12(14(18)17(9)2)8-11-5-3-4-10-6-7-15-13(10)11/h3-8,15H,1-2H3. The van der Waals surface area contributed by atoms with Crippen molar-refractivity contribution >= 4 is 28.7 Å². The van der Waals surface area contributed by atoms with E-state index in [0.717, 1.165) is 22.3 Å². The quantitative estimate of drug-likeness (QED) is 0.763. The van der Waals surface area contributed by atoms with E-state index in [2.05, 4.69) is 9.98 Å². The van der Waals surface area contributed by atoms with Gasteiger partial charge in [-0.1, -0.05) is 18.2 Å². The van der Waals surface area contributed by atoms with Gasteiger partial charge in [-0.15, -0.1) is 0 Å². The van der Waals surface area contributed by atoms with Gasteiger partial charge < -0.3 is 4.98 Å². The molecule has 0 unspecified atom stereocenters. The number of rotatable bonds is 1. The van der Waals surface area contributed by atoms with Gasteiger partial charge in [0.05, 0.1) is 5.52 Å². The third kappa shape index (κ3) is 1.54. The summed E-state index contributed by atoms with van der Waals surface area (Å²) in [5, 5.41) is 1.13. The Morgan fingerprint density at radius 1 is 1.33 bits per heavy atom. The van der Waals surface area contributed by atoms with E-state index in [4.69, 9.17) is 0 Å². The van der Waals surface area contributed by atoms with Gasteiger partial charge in [-0.2, -0.15) is 0 Å². The molecule has 0 aliphatic carbocycles. The smallest absolute Gasteiger partial charge is 0.277 e. The van der Waals surface area contributed by atoms with E-state index in [1.165, 1.54) is 0 Å². The summed E-state index contributed by atoms with van der Waals surface area (Å²) in [5.74, 6) is 0.668. The number of fused-ring (bicyclic) bond motifs is 1. The second kappa shape index (κ2) is 3.84. The summed E-state index contributed by atoms with van der Waals surface area (Å²) in [5.41, 5.74) is 2.49. The normalized spacial score (nSPS) is 17.9. The topological polar surface area (TPSA) is 48.5 Å². The molecular weight excluding hydrogens is 226 g/mol. The van der Waals surface area contributed by atoms with Crippen LogP contribution in [0, 0.1) is 0 Å². The molecule has 1 N–H and O–H groups in total. The number of nitrogens with one attached hydrogen (secondary N) is 1. The highest BCUT2D eigenvalue weighted by Crippen LogP contribution is 2.22. The van der Waals surface area contributed by atoms with Gasteiger partial charge in [-0.3, -0.25) is 9.69 Å². The lowest BCUT2D eigenvalue weighted by Crippen LogP contribution is -2.25. The number of aromatic amines is 1. The van der Waals surface area contributed by atoms with E-state index in [0.29, 0.717) is 5.70 Å². The van der Waals surface area contributed by atoms with Gasteiger partial charge in [0.15, 0.2) is 0 Å². The number of hydrogen-bond donors (Lipinski definition) is 1. The number of para-hydroxylation sites is 1. The van der Waals surface area contributed by atoms with Crippen molar-refractivity contribution in [3.63, 3.8) is 0 Å². The molecule has 90 valence electrons. The Labute approximate surface area is 105 Å². The third-order valence-corrected chi connectivity index (χ3v) is 3.20. The highest BCUT2D eigenvalue weighted by molar-refractivity contribution is 6.13. The summed E-state index contributed by atoms with van der Waals surface area (Å²) in [4.78, 5) is 20.9. The largest absolute Gasteiger partial charge is 0.361 e. The summed E-state index contributed by atoms with van der Waals surface area (Å²) in [7, 11) is 1.73. The number of benzene rings is 1. The first-order valence-electron chi connectivity index (χ1n) is 5.78. The molecule has 0 saturated carbocycles. The summed E-state index contributed by atoms with van der Waals surface area (Å²) in [6, 6.07) is 7.99. The Morgan fingerprint density at radius 2 is 2.17 bits per heavy atom. The Morgan fingerprint density at radius 3 is 2.89 bits per heavy atom. The van der Waals surface area contributed by atoms with Crippen molar-refractivity contribution in [1.29, 1.82) is 0 Å². The number of aromatic nitrogens is 1.